The Labute approximate surface area is 172 Å². The zero-order valence-corrected chi connectivity index (χ0v) is 16.9. The van der Waals surface area contributed by atoms with Crippen LogP contribution in [0, 0.1) is 24.0 Å². The van der Waals surface area contributed by atoms with Crippen molar-refractivity contribution in [3.05, 3.63) is 75.3 Å². The van der Waals surface area contributed by atoms with Crippen molar-refractivity contribution in [1.29, 1.82) is 0 Å². The van der Waals surface area contributed by atoms with E-state index in [1.165, 1.54) is 34.9 Å². The molecule has 1 saturated heterocycles. The van der Waals surface area contributed by atoms with E-state index in [9.17, 15) is 19.7 Å². The highest BCUT2D eigenvalue weighted by molar-refractivity contribution is 7.99. The second-order valence-corrected chi connectivity index (χ2v) is 7.76. The predicted octanol–water partition coefficient (Wildman–Crippen LogP) is 3.77. The Bertz CT molecular complexity index is 990. The van der Waals surface area contributed by atoms with E-state index < -0.39 is 11.0 Å². The minimum atomic E-state index is -0.593. The van der Waals surface area contributed by atoms with E-state index in [1.54, 1.807) is 18.2 Å². The maximum absolute atomic E-state index is 12.7. The van der Waals surface area contributed by atoms with E-state index >= 15 is 0 Å². The molecular weight excluding hydrogens is 390 g/mol. The third kappa shape index (κ3) is 4.83. The van der Waals surface area contributed by atoms with Crippen LogP contribution in [0.4, 0.5) is 11.4 Å². The average molecular weight is 411 g/mol. The number of carbonyl (C=O) groups is 2. The number of anilines is 1. The van der Waals surface area contributed by atoms with Crippen LogP contribution in [0.3, 0.4) is 0 Å². The number of benzene rings is 2. The van der Waals surface area contributed by atoms with Crippen LogP contribution in [-0.4, -0.2) is 39.3 Å². The van der Waals surface area contributed by atoms with Gasteiger partial charge in [-0.05, 0) is 49.2 Å². The van der Waals surface area contributed by atoms with Crippen molar-refractivity contribution >= 4 is 41.0 Å². The molecule has 2 aromatic carbocycles. The minimum absolute atomic E-state index is 0.0728. The van der Waals surface area contributed by atoms with Gasteiger partial charge < -0.3 is 10.2 Å². The van der Waals surface area contributed by atoms with Crippen molar-refractivity contribution in [3.8, 4) is 0 Å². The van der Waals surface area contributed by atoms with Gasteiger partial charge >= 0.3 is 0 Å². The zero-order chi connectivity index (χ0) is 21.0. The van der Waals surface area contributed by atoms with Gasteiger partial charge in [0.2, 0.25) is 11.8 Å². The Morgan fingerprint density at radius 2 is 1.97 bits per heavy atom. The summed E-state index contributed by atoms with van der Waals surface area (Å²) in [6.07, 6.45) is 2.70. The first kappa shape index (κ1) is 20.6. The summed E-state index contributed by atoms with van der Waals surface area (Å²) in [4.78, 5) is 37.4. The minimum Gasteiger partial charge on any atom is -0.324 e. The Hall–Kier alpha value is -3.13. The van der Waals surface area contributed by atoms with Crippen LogP contribution >= 0.6 is 11.8 Å². The third-order valence-electron chi connectivity index (χ3n) is 4.78. The van der Waals surface area contributed by atoms with Crippen molar-refractivity contribution in [2.24, 2.45) is 0 Å². The summed E-state index contributed by atoms with van der Waals surface area (Å²) in [5, 5.41) is 14.0. The number of amides is 2. The molecule has 0 spiro atoms. The fourth-order valence-electron chi connectivity index (χ4n) is 2.97. The number of nitrogens with one attached hydrogen (secondary N) is 1. The Morgan fingerprint density at radius 1 is 1.21 bits per heavy atom. The number of aryl methyl sites for hydroxylation is 2. The molecule has 3 rings (SSSR count). The quantitative estimate of drug-likeness (QED) is 0.459. The van der Waals surface area contributed by atoms with E-state index in [4.69, 9.17) is 0 Å². The lowest BCUT2D eigenvalue weighted by Crippen LogP contribution is -2.43. The number of nitrogens with zero attached hydrogens (tertiary/aromatic N) is 2. The van der Waals surface area contributed by atoms with Crippen molar-refractivity contribution in [3.63, 3.8) is 0 Å². The summed E-state index contributed by atoms with van der Waals surface area (Å²) in [6, 6.07) is 11.3. The Kier molecular flexibility index (Phi) is 6.33. The smallest absolute Gasteiger partial charge is 0.276 e. The molecule has 1 fully saturated rings. The van der Waals surface area contributed by atoms with E-state index in [2.05, 4.69) is 5.32 Å². The van der Waals surface area contributed by atoms with Crippen LogP contribution in [0.5, 0.6) is 0 Å². The Balaban J connectivity index is 1.71. The summed E-state index contributed by atoms with van der Waals surface area (Å²) >= 11 is 1.49. The maximum atomic E-state index is 12.7. The predicted molar refractivity (Wildman–Crippen MR) is 115 cm³/mol. The van der Waals surface area contributed by atoms with Gasteiger partial charge in [0.1, 0.15) is 6.04 Å². The van der Waals surface area contributed by atoms with Gasteiger partial charge in [0, 0.05) is 23.6 Å². The normalized spacial score (nSPS) is 16.2. The largest absolute Gasteiger partial charge is 0.324 e. The van der Waals surface area contributed by atoms with Gasteiger partial charge in [-0.3, -0.25) is 19.7 Å². The fraction of sp³-hybridized carbons (Fsp3) is 0.238. The molecule has 0 saturated carbocycles. The molecule has 1 unspecified atom stereocenters. The molecule has 7 nitrogen and oxygen atoms in total. The molecule has 29 heavy (non-hydrogen) atoms. The number of rotatable bonds is 5. The van der Waals surface area contributed by atoms with Gasteiger partial charge in [-0.15, -0.1) is 11.8 Å². The van der Waals surface area contributed by atoms with E-state index in [0.717, 1.165) is 11.1 Å². The van der Waals surface area contributed by atoms with Crippen LogP contribution < -0.4 is 5.32 Å². The van der Waals surface area contributed by atoms with E-state index in [0.29, 0.717) is 22.9 Å². The number of nitro groups is 1. The third-order valence-corrected chi connectivity index (χ3v) is 5.79. The molecule has 0 radical (unpaired) electrons. The van der Waals surface area contributed by atoms with Crippen molar-refractivity contribution in [2.45, 2.75) is 19.9 Å². The summed E-state index contributed by atoms with van der Waals surface area (Å²) < 4.78 is 0. The number of thioether (sulfide) groups is 1. The summed E-state index contributed by atoms with van der Waals surface area (Å²) in [7, 11) is 0. The summed E-state index contributed by atoms with van der Waals surface area (Å²) in [5.41, 5.74) is 3.17. The van der Waals surface area contributed by atoms with Crippen LogP contribution in [-0.2, 0) is 9.59 Å². The molecule has 1 N–H and O–H groups in total. The monoisotopic (exact) mass is 411 g/mol. The molecule has 2 amide bonds. The Morgan fingerprint density at radius 3 is 2.69 bits per heavy atom. The number of hydrogen-bond donors (Lipinski definition) is 1. The first-order valence-corrected chi connectivity index (χ1v) is 10.2. The molecule has 0 aliphatic carbocycles. The topological polar surface area (TPSA) is 92.6 Å². The highest BCUT2D eigenvalue weighted by atomic mass is 32.2. The van der Waals surface area contributed by atoms with Gasteiger partial charge in [0.15, 0.2) is 0 Å². The molecule has 2 aromatic rings. The molecule has 1 aliphatic heterocycles. The highest BCUT2D eigenvalue weighted by Crippen LogP contribution is 2.24. The molecule has 0 aromatic heterocycles. The van der Waals surface area contributed by atoms with Gasteiger partial charge in [0.25, 0.3) is 5.69 Å². The lowest BCUT2D eigenvalue weighted by molar-refractivity contribution is -0.385. The lowest BCUT2D eigenvalue weighted by atomic mass is 10.1. The number of para-hydroxylation sites is 1. The van der Waals surface area contributed by atoms with Crippen molar-refractivity contribution in [1.82, 2.24) is 4.90 Å². The molecule has 8 heteroatoms. The van der Waals surface area contributed by atoms with Gasteiger partial charge in [-0.25, -0.2) is 0 Å². The van der Waals surface area contributed by atoms with Crippen LogP contribution in [0.25, 0.3) is 6.08 Å². The van der Waals surface area contributed by atoms with Crippen molar-refractivity contribution in [2.75, 3.05) is 16.9 Å². The fourth-order valence-corrected chi connectivity index (χ4v) is 4.14. The first-order valence-electron chi connectivity index (χ1n) is 9.05. The number of nitro benzene ring substituents is 1. The summed E-state index contributed by atoms with van der Waals surface area (Å²) in [5.74, 6) is 0.298. The van der Waals surface area contributed by atoms with Gasteiger partial charge in [-0.1, -0.05) is 18.2 Å². The second kappa shape index (κ2) is 8.91. The molecule has 150 valence electrons. The molecule has 1 heterocycles. The SMILES string of the molecule is Cc1ccc(NC(=O)C2CSCN2C(=O)/C=C/c2ccccc2[N+](=O)[O-])cc1C. The first-order chi connectivity index (χ1) is 13.9. The molecular formula is C21H21N3O4S. The summed E-state index contributed by atoms with van der Waals surface area (Å²) in [6.45, 7) is 3.97. The van der Waals surface area contributed by atoms with Crippen LogP contribution in [0.2, 0.25) is 0 Å². The van der Waals surface area contributed by atoms with Gasteiger partial charge in [0.05, 0.1) is 16.4 Å². The molecule has 1 atom stereocenters. The van der Waals surface area contributed by atoms with E-state index in [-0.39, 0.29) is 17.5 Å². The maximum Gasteiger partial charge on any atom is 0.276 e. The van der Waals surface area contributed by atoms with Crippen molar-refractivity contribution < 1.29 is 14.5 Å². The standard InChI is InChI=1S/C21H21N3O4S/c1-14-7-9-17(11-15(14)2)22-21(26)19-12-29-13-23(19)20(25)10-8-16-5-3-4-6-18(16)24(27)28/h3-11,19H,12-13H2,1-2H3,(H,22,26)/b10-8+. The number of hydrogen-bond acceptors (Lipinski definition) is 5. The van der Waals surface area contributed by atoms with Crippen LogP contribution in [0.15, 0.2) is 48.5 Å². The molecule has 1 aliphatic rings. The lowest BCUT2D eigenvalue weighted by Gasteiger charge is -2.22. The average Bonchev–Trinajstić information content (AvgIpc) is 3.19. The molecule has 0 bridgehead atoms. The highest BCUT2D eigenvalue weighted by Gasteiger charge is 2.33. The van der Waals surface area contributed by atoms with E-state index in [1.807, 2.05) is 32.0 Å². The second-order valence-electron chi connectivity index (χ2n) is 6.76. The van der Waals surface area contributed by atoms with Gasteiger partial charge in [-0.2, -0.15) is 0 Å². The van der Waals surface area contributed by atoms with Crippen LogP contribution in [0.1, 0.15) is 16.7 Å². The zero-order valence-electron chi connectivity index (χ0n) is 16.1. The number of carbonyl (C=O) groups excluding carboxylic acids is 2.